The smallest absolute Gasteiger partial charge is 0.261 e. The number of benzene rings is 3. The highest BCUT2D eigenvalue weighted by atomic mass is 35.5. The summed E-state index contributed by atoms with van der Waals surface area (Å²) in [7, 11) is -4.27. The second kappa shape index (κ2) is 9.56. The molecule has 3 rings (SSSR count). The van der Waals surface area contributed by atoms with Crippen LogP contribution in [0.1, 0.15) is 26.3 Å². The molecule has 0 aromatic heterocycles. The highest BCUT2D eigenvalue weighted by Gasteiger charge is 2.49. The van der Waals surface area contributed by atoms with E-state index in [1.807, 2.05) is 6.07 Å². The van der Waals surface area contributed by atoms with E-state index >= 15 is 0 Å². The molecular formula is C27H35ClO2Si2. The van der Waals surface area contributed by atoms with Gasteiger partial charge in [0.05, 0.1) is 13.1 Å². The predicted octanol–water partition coefficient (Wildman–Crippen LogP) is 5.71. The van der Waals surface area contributed by atoms with Gasteiger partial charge in [-0.15, -0.1) is 0 Å². The maximum Gasteiger partial charge on any atom is 0.261 e. The zero-order valence-electron chi connectivity index (χ0n) is 20.1. The first kappa shape index (κ1) is 24.8. The quantitative estimate of drug-likeness (QED) is 0.437. The van der Waals surface area contributed by atoms with Crippen molar-refractivity contribution in [2.75, 3.05) is 6.61 Å². The van der Waals surface area contributed by atoms with Gasteiger partial charge in [0.15, 0.2) is 0 Å². The summed E-state index contributed by atoms with van der Waals surface area (Å²) in [6, 6.07) is 25.4. The molecule has 2 nitrogen and oxygen atoms in total. The van der Waals surface area contributed by atoms with Crippen molar-refractivity contribution in [3.05, 3.63) is 83.4 Å². The SMILES string of the molecule is CC(C)(C)[Si](OCCc1cc(Cl)c(O)c([Si](C)(C)C)c1)(c1ccccc1)c1ccccc1. The van der Waals surface area contributed by atoms with Gasteiger partial charge in [-0.3, -0.25) is 0 Å². The van der Waals surface area contributed by atoms with Gasteiger partial charge < -0.3 is 9.53 Å². The lowest BCUT2D eigenvalue weighted by Gasteiger charge is -2.43. The molecule has 170 valence electrons. The summed E-state index contributed by atoms with van der Waals surface area (Å²) in [6.45, 7) is 14.1. The Hall–Kier alpha value is -1.86. The molecule has 0 saturated heterocycles. The van der Waals surface area contributed by atoms with Crippen LogP contribution in [0.25, 0.3) is 0 Å². The first-order valence-electron chi connectivity index (χ1n) is 11.2. The molecule has 0 heterocycles. The molecule has 0 aliphatic rings. The van der Waals surface area contributed by atoms with Crippen LogP contribution in [-0.4, -0.2) is 28.1 Å². The van der Waals surface area contributed by atoms with Crippen molar-refractivity contribution < 1.29 is 9.53 Å². The molecule has 0 unspecified atom stereocenters. The van der Waals surface area contributed by atoms with E-state index in [1.54, 1.807) is 0 Å². The monoisotopic (exact) mass is 482 g/mol. The summed E-state index contributed by atoms with van der Waals surface area (Å²) < 4.78 is 7.01. The molecule has 0 radical (unpaired) electrons. The van der Waals surface area contributed by atoms with Gasteiger partial charge in [0.25, 0.3) is 8.32 Å². The molecule has 0 aliphatic heterocycles. The first-order valence-corrected chi connectivity index (χ1v) is 17.0. The fourth-order valence-corrected chi connectivity index (χ4v) is 10.8. The molecule has 32 heavy (non-hydrogen) atoms. The summed E-state index contributed by atoms with van der Waals surface area (Å²) in [5.74, 6) is 0.238. The summed E-state index contributed by atoms with van der Waals surface area (Å²) in [6.07, 6.45) is 0.752. The zero-order chi connectivity index (χ0) is 23.6. The average molecular weight is 483 g/mol. The zero-order valence-corrected chi connectivity index (χ0v) is 22.8. The van der Waals surface area contributed by atoms with Crippen LogP contribution in [0, 0.1) is 0 Å². The minimum atomic E-state index is -2.55. The summed E-state index contributed by atoms with van der Waals surface area (Å²) in [5.41, 5.74) is 1.11. The van der Waals surface area contributed by atoms with E-state index in [2.05, 4.69) is 107 Å². The Balaban J connectivity index is 1.99. The third kappa shape index (κ3) is 5.04. The largest absolute Gasteiger partial charge is 0.507 e. The minimum absolute atomic E-state index is 0.0498. The topological polar surface area (TPSA) is 29.5 Å². The van der Waals surface area contributed by atoms with Crippen molar-refractivity contribution in [3.8, 4) is 5.75 Å². The van der Waals surface area contributed by atoms with Gasteiger partial charge in [-0.1, -0.05) is 119 Å². The van der Waals surface area contributed by atoms with Crippen LogP contribution in [0.3, 0.4) is 0 Å². The molecule has 1 N–H and O–H groups in total. The van der Waals surface area contributed by atoms with E-state index in [4.69, 9.17) is 16.0 Å². The molecule has 0 spiro atoms. The molecule has 0 aliphatic carbocycles. The number of aromatic hydroxyl groups is 1. The number of halogens is 1. The van der Waals surface area contributed by atoms with E-state index in [0.29, 0.717) is 11.6 Å². The Bertz CT molecular complexity index is 999. The van der Waals surface area contributed by atoms with Crippen LogP contribution in [0.2, 0.25) is 29.7 Å². The summed E-state index contributed by atoms with van der Waals surface area (Å²) in [4.78, 5) is 0. The number of hydrogen-bond acceptors (Lipinski definition) is 2. The highest BCUT2D eigenvalue weighted by Crippen LogP contribution is 2.37. The predicted molar refractivity (Wildman–Crippen MR) is 143 cm³/mol. The average Bonchev–Trinajstić information content (AvgIpc) is 2.73. The lowest BCUT2D eigenvalue weighted by atomic mass is 10.1. The normalized spacial score (nSPS) is 12.7. The lowest BCUT2D eigenvalue weighted by Crippen LogP contribution is -2.66. The third-order valence-corrected chi connectivity index (χ3v) is 13.4. The highest BCUT2D eigenvalue weighted by molar-refractivity contribution is 6.99. The van der Waals surface area contributed by atoms with Crippen LogP contribution in [0.15, 0.2) is 72.8 Å². The third-order valence-electron chi connectivity index (χ3n) is 6.06. The van der Waals surface area contributed by atoms with Gasteiger partial charge in [0, 0.05) is 6.61 Å². The van der Waals surface area contributed by atoms with Gasteiger partial charge in [0.2, 0.25) is 0 Å². The molecule has 0 bridgehead atoms. The van der Waals surface area contributed by atoms with Crippen molar-refractivity contribution in [2.45, 2.75) is 51.9 Å². The van der Waals surface area contributed by atoms with Crippen molar-refractivity contribution in [1.29, 1.82) is 0 Å². The summed E-state index contributed by atoms with van der Waals surface area (Å²) in [5, 5.41) is 14.5. The Kier molecular flexibility index (Phi) is 7.40. The number of rotatable bonds is 7. The van der Waals surface area contributed by atoms with Crippen LogP contribution in [0.5, 0.6) is 5.75 Å². The van der Waals surface area contributed by atoms with Crippen LogP contribution in [-0.2, 0) is 10.8 Å². The van der Waals surface area contributed by atoms with Crippen molar-refractivity contribution in [2.24, 2.45) is 0 Å². The first-order chi connectivity index (χ1) is 15.0. The van der Waals surface area contributed by atoms with Crippen LogP contribution < -0.4 is 15.6 Å². The molecule has 0 fully saturated rings. The molecule has 3 aromatic rings. The minimum Gasteiger partial charge on any atom is -0.507 e. The summed E-state index contributed by atoms with van der Waals surface area (Å²) >= 11 is 6.40. The molecule has 5 heteroatoms. The molecular weight excluding hydrogens is 448 g/mol. The van der Waals surface area contributed by atoms with Gasteiger partial charge in [-0.2, -0.15) is 0 Å². The van der Waals surface area contributed by atoms with Gasteiger partial charge in [-0.05, 0) is 38.6 Å². The fourth-order valence-electron chi connectivity index (χ4n) is 4.45. The van der Waals surface area contributed by atoms with Crippen LogP contribution >= 0.6 is 11.6 Å². The fraction of sp³-hybridized carbons (Fsp3) is 0.333. The van der Waals surface area contributed by atoms with Crippen molar-refractivity contribution in [3.63, 3.8) is 0 Å². The van der Waals surface area contributed by atoms with E-state index in [9.17, 15) is 5.11 Å². The van der Waals surface area contributed by atoms with Crippen LogP contribution in [0.4, 0.5) is 0 Å². The maximum absolute atomic E-state index is 10.5. The van der Waals surface area contributed by atoms with Gasteiger partial charge in [-0.25, -0.2) is 0 Å². The lowest BCUT2D eigenvalue weighted by molar-refractivity contribution is 0.302. The second-order valence-electron chi connectivity index (χ2n) is 10.5. The second-order valence-corrected chi connectivity index (χ2v) is 20.2. The van der Waals surface area contributed by atoms with Gasteiger partial charge in [0.1, 0.15) is 5.75 Å². The molecule has 3 aromatic carbocycles. The Morgan fingerprint density at radius 3 is 1.78 bits per heavy atom. The molecule has 0 saturated carbocycles. The van der Waals surface area contributed by atoms with Crippen molar-refractivity contribution in [1.82, 2.24) is 0 Å². The molecule has 0 atom stereocenters. The Morgan fingerprint density at radius 2 is 1.34 bits per heavy atom. The Labute approximate surface area is 200 Å². The van der Waals surface area contributed by atoms with Crippen molar-refractivity contribution >= 4 is 43.6 Å². The number of hydrogen-bond donors (Lipinski definition) is 1. The van der Waals surface area contributed by atoms with E-state index < -0.39 is 16.4 Å². The van der Waals surface area contributed by atoms with Gasteiger partial charge >= 0.3 is 0 Å². The Morgan fingerprint density at radius 1 is 0.844 bits per heavy atom. The van der Waals surface area contributed by atoms with E-state index in [-0.39, 0.29) is 10.8 Å². The van der Waals surface area contributed by atoms with E-state index in [0.717, 1.165) is 17.2 Å². The number of phenolic OH excluding ortho intramolecular Hbond substituents is 1. The standard InChI is InChI=1S/C27H35ClO2Si2/c1-27(2,3)32(22-13-9-7-10-14-22,23-15-11-8-12-16-23)30-18-17-21-19-24(28)26(29)25(20-21)31(4,5)6/h7-16,19-20,29H,17-18H2,1-6H3. The van der Waals surface area contributed by atoms with E-state index in [1.165, 1.54) is 10.4 Å². The maximum atomic E-state index is 10.5. The molecule has 0 amide bonds. The number of phenols is 1.